The van der Waals surface area contributed by atoms with Gasteiger partial charge in [-0.2, -0.15) is 4.31 Å². The number of nitrogens with zero attached hydrogens (tertiary/aromatic N) is 2. The first-order chi connectivity index (χ1) is 9.37. The number of aromatic nitrogens is 1. The van der Waals surface area contributed by atoms with Crippen molar-refractivity contribution < 1.29 is 17.7 Å². The number of carbonyl (C=O) groups is 1. The molecule has 0 unspecified atom stereocenters. The molecule has 0 aromatic carbocycles. The van der Waals surface area contributed by atoms with Crippen LogP contribution in [0, 0.1) is 19.8 Å². The highest BCUT2D eigenvalue weighted by Gasteiger charge is 2.34. The molecule has 0 N–H and O–H groups in total. The summed E-state index contributed by atoms with van der Waals surface area (Å²) in [6.45, 7) is 5.82. The molecular formula is C13H20N2O4S. The fourth-order valence-electron chi connectivity index (χ4n) is 2.68. The van der Waals surface area contributed by atoms with Gasteiger partial charge < -0.3 is 4.52 Å². The lowest BCUT2D eigenvalue weighted by molar-refractivity contribution is -0.123. The SMILES string of the molecule is CCC(=O)C1CCN(S(=O)(=O)c2c(C)noc2C)CC1. The van der Waals surface area contributed by atoms with E-state index < -0.39 is 10.0 Å². The number of hydrogen-bond acceptors (Lipinski definition) is 5. The minimum atomic E-state index is -3.57. The molecule has 7 heteroatoms. The first-order valence-corrected chi connectivity index (χ1v) is 8.27. The van der Waals surface area contributed by atoms with Crippen molar-refractivity contribution in [1.82, 2.24) is 9.46 Å². The van der Waals surface area contributed by atoms with Crippen molar-refractivity contribution in [3.8, 4) is 0 Å². The lowest BCUT2D eigenvalue weighted by Crippen LogP contribution is -2.40. The van der Waals surface area contributed by atoms with E-state index in [0.29, 0.717) is 43.8 Å². The van der Waals surface area contributed by atoms with Gasteiger partial charge in [0, 0.05) is 25.4 Å². The molecule has 6 nitrogen and oxygen atoms in total. The highest BCUT2D eigenvalue weighted by molar-refractivity contribution is 7.89. The predicted octanol–water partition coefficient (Wildman–Crippen LogP) is 1.67. The Bertz CT molecular complexity index is 578. The van der Waals surface area contributed by atoms with E-state index in [-0.39, 0.29) is 16.6 Å². The van der Waals surface area contributed by atoms with Gasteiger partial charge in [0.1, 0.15) is 16.4 Å². The summed E-state index contributed by atoms with van der Waals surface area (Å²) in [6.07, 6.45) is 1.70. The van der Waals surface area contributed by atoms with E-state index in [2.05, 4.69) is 5.16 Å². The van der Waals surface area contributed by atoms with Gasteiger partial charge in [-0.3, -0.25) is 4.79 Å². The molecule has 1 fully saturated rings. The van der Waals surface area contributed by atoms with Crippen LogP contribution in [0.1, 0.15) is 37.6 Å². The summed E-state index contributed by atoms with van der Waals surface area (Å²) >= 11 is 0. The summed E-state index contributed by atoms with van der Waals surface area (Å²) in [7, 11) is -3.57. The third-order valence-corrected chi connectivity index (χ3v) is 5.97. The summed E-state index contributed by atoms with van der Waals surface area (Å²) in [4.78, 5) is 11.8. The Balaban J connectivity index is 2.16. The second kappa shape index (κ2) is 5.65. The molecule has 0 spiro atoms. The maximum atomic E-state index is 12.6. The van der Waals surface area contributed by atoms with E-state index >= 15 is 0 Å². The molecule has 0 amide bonds. The Kier molecular flexibility index (Phi) is 4.29. The molecule has 1 aromatic heterocycles. The number of carbonyl (C=O) groups excluding carboxylic acids is 1. The van der Waals surface area contributed by atoms with Gasteiger partial charge in [0.05, 0.1) is 0 Å². The van der Waals surface area contributed by atoms with Gasteiger partial charge in [-0.25, -0.2) is 8.42 Å². The van der Waals surface area contributed by atoms with Crippen LogP contribution in [0.3, 0.4) is 0 Å². The van der Waals surface area contributed by atoms with Crippen LogP contribution in [0.4, 0.5) is 0 Å². The second-order valence-corrected chi connectivity index (χ2v) is 7.03. The lowest BCUT2D eigenvalue weighted by Gasteiger charge is -2.30. The Morgan fingerprint density at radius 2 is 1.95 bits per heavy atom. The zero-order valence-electron chi connectivity index (χ0n) is 12.0. The number of rotatable bonds is 4. The second-order valence-electron chi connectivity index (χ2n) is 5.15. The van der Waals surface area contributed by atoms with Crippen LogP contribution in [-0.2, 0) is 14.8 Å². The quantitative estimate of drug-likeness (QED) is 0.845. The highest BCUT2D eigenvalue weighted by Crippen LogP contribution is 2.28. The monoisotopic (exact) mass is 300 g/mol. The number of aryl methyl sites for hydroxylation is 2. The molecular weight excluding hydrogens is 280 g/mol. The fraction of sp³-hybridized carbons (Fsp3) is 0.692. The van der Waals surface area contributed by atoms with Crippen molar-refractivity contribution in [3.05, 3.63) is 11.5 Å². The van der Waals surface area contributed by atoms with E-state index in [1.165, 1.54) is 4.31 Å². The summed E-state index contributed by atoms with van der Waals surface area (Å²) in [5.41, 5.74) is 0.384. The van der Waals surface area contributed by atoms with Crippen molar-refractivity contribution in [2.24, 2.45) is 5.92 Å². The van der Waals surface area contributed by atoms with Crippen molar-refractivity contribution in [2.75, 3.05) is 13.1 Å². The Hall–Kier alpha value is -1.21. The summed E-state index contributed by atoms with van der Waals surface area (Å²) in [5, 5.41) is 3.70. The molecule has 1 aliphatic rings. The molecule has 0 atom stereocenters. The maximum absolute atomic E-state index is 12.6. The number of hydrogen-bond donors (Lipinski definition) is 0. The molecule has 2 heterocycles. The van der Waals surface area contributed by atoms with Crippen molar-refractivity contribution in [2.45, 2.75) is 44.9 Å². The van der Waals surface area contributed by atoms with E-state index in [1.807, 2.05) is 6.92 Å². The Morgan fingerprint density at radius 3 is 2.40 bits per heavy atom. The first kappa shape index (κ1) is 15.2. The molecule has 112 valence electrons. The van der Waals surface area contributed by atoms with Gasteiger partial charge >= 0.3 is 0 Å². The topological polar surface area (TPSA) is 80.5 Å². The first-order valence-electron chi connectivity index (χ1n) is 6.83. The number of piperidine rings is 1. The average molecular weight is 300 g/mol. The highest BCUT2D eigenvalue weighted by atomic mass is 32.2. The van der Waals surface area contributed by atoms with Gasteiger partial charge in [-0.05, 0) is 26.7 Å². The molecule has 2 rings (SSSR count). The molecule has 1 aliphatic heterocycles. The van der Waals surface area contributed by atoms with E-state index in [4.69, 9.17) is 4.52 Å². The van der Waals surface area contributed by atoms with Gasteiger partial charge in [-0.15, -0.1) is 0 Å². The van der Waals surface area contributed by atoms with E-state index in [9.17, 15) is 13.2 Å². The zero-order chi connectivity index (χ0) is 14.9. The van der Waals surface area contributed by atoms with Crippen molar-refractivity contribution in [1.29, 1.82) is 0 Å². The van der Waals surface area contributed by atoms with Crippen LogP contribution in [0.25, 0.3) is 0 Å². The third kappa shape index (κ3) is 2.64. The molecule has 0 aliphatic carbocycles. The lowest BCUT2D eigenvalue weighted by atomic mass is 9.92. The summed E-state index contributed by atoms with van der Waals surface area (Å²) in [5.74, 6) is 0.532. The molecule has 1 saturated heterocycles. The number of sulfonamides is 1. The molecule has 1 aromatic rings. The molecule has 20 heavy (non-hydrogen) atoms. The third-order valence-electron chi connectivity index (χ3n) is 3.82. The fourth-order valence-corrected chi connectivity index (χ4v) is 4.44. The smallest absolute Gasteiger partial charge is 0.248 e. The van der Waals surface area contributed by atoms with Crippen LogP contribution in [0.15, 0.2) is 9.42 Å². The van der Waals surface area contributed by atoms with Crippen LogP contribution in [0.5, 0.6) is 0 Å². The molecule has 0 saturated carbocycles. The summed E-state index contributed by atoms with van der Waals surface area (Å²) in [6, 6.07) is 0. The standard InChI is InChI=1S/C13H20N2O4S/c1-4-12(16)11-5-7-15(8-6-11)20(17,18)13-9(2)14-19-10(13)3/h11H,4-8H2,1-3H3. The number of Topliss-reactive ketones (excluding diaryl/α,β-unsaturated/α-hetero) is 1. The van der Waals surface area contributed by atoms with Gasteiger partial charge in [0.25, 0.3) is 0 Å². The van der Waals surface area contributed by atoms with Crippen LogP contribution >= 0.6 is 0 Å². The minimum Gasteiger partial charge on any atom is -0.360 e. The van der Waals surface area contributed by atoms with Crippen LogP contribution < -0.4 is 0 Å². The Morgan fingerprint density at radius 1 is 1.35 bits per heavy atom. The Labute approximate surface area is 119 Å². The zero-order valence-corrected chi connectivity index (χ0v) is 12.9. The number of ketones is 1. The van der Waals surface area contributed by atoms with Crippen LogP contribution in [0.2, 0.25) is 0 Å². The van der Waals surface area contributed by atoms with Crippen molar-refractivity contribution >= 4 is 15.8 Å². The largest absolute Gasteiger partial charge is 0.360 e. The average Bonchev–Trinajstić information content (AvgIpc) is 2.78. The maximum Gasteiger partial charge on any atom is 0.248 e. The van der Waals surface area contributed by atoms with Gasteiger partial charge in [-0.1, -0.05) is 12.1 Å². The molecule has 0 bridgehead atoms. The van der Waals surface area contributed by atoms with E-state index in [1.54, 1.807) is 13.8 Å². The summed E-state index contributed by atoms with van der Waals surface area (Å²) < 4.78 is 31.5. The molecule has 0 radical (unpaired) electrons. The van der Waals surface area contributed by atoms with Crippen molar-refractivity contribution in [3.63, 3.8) is 0 Å². The van der Waals surface area contributed by atoms with Gasteiger partial charge in [0.15, 0.2) is 5.76 Å². The van der Waals surface area contributed by atoms with Crippen LogP contribution in [-0.4, -0.2) is 36.8 Å². The normalized spacial score (nSPS) is 18.4. The predicted molar refractivity (Wildman–Crippen MR) is 72.8 cm³/mol. The minimum absolute atomic E-state index is 0.00359. The van der Waals surface area contributed by atoms with Gasteiger partial charge in [0.2, 0.25) is 10.0 Å². The van der Waals surface area contributed by atoms with E-state index in [0.717, 1.165) is 0 Å².